The predicted molar refractivity (Wildman–Crippen MR) is 70.1 cm³/mol. The molecule has 106 valence electrons. The summed E-state index contributed by atoms with van der Waals surface area (Å²) in [5, 5.41) is 8.95. The second-order valence-electron chi connectivity index (χ2n) is 4.17. The number of pyridine rings is 1. The molecular formula is C13H12F2N2O3. The minimum Gasteiger partial charge on any atom is -0.478 e. The van der Waals surface area contributed by atoms with Gasteiger partial charge in [-0.2, -0.15) is 0 Å². The standard InChI is InChI=1S/C13H12F2N2O3/c1-7-10(13(19)20)8-3-2-4-9(15)11(8)12(18)17(7)16-6-5-14/h2-4,16H,5-6H2,1H3,(H,19,20). The van der Waals surface area contributed by atoms with Gasteiger partial charge < -0.3 is 10.5 Å². The van der Waals surface area contributed by atoms with Gasteiger partial charge >= 0.3 is 5.97 Å². The van der Waals surface area contributed by atoms with Gasteiger partial charge in [-0.1, -0.05) is 12.1 Å². The van der Waals surface area contributed by atoms with Gasteiger partial charge in [-0.15, -0.1) is 0 Å². The molecule has 0 atom stereocenters. The Morgan fingerprint density at radius 3 is 2.75 bits per heavy atom. The van der Waals surface area contributed by atoms with Crippen LogP contribution in [0, 0.1) is 12.7 Å². The normalized spacial score (nSPS) is 10.8. The fraction of sp³-hybridized carbons (Fsp3) is 0.231. The van der Waals surface area contributed by atoms with E-state index in [9.17, 15) is 23.5 Å². The number of nitrogens with zero attached hydrogens (tertiary/aromatic N) is 1. The minimum absolute atomic E-state index is 0.0262. The number of aromatic carboxylic acids is 1. The highest BCUT2D eigenvalue weighted by atomic mass is 19.1. The highest BCUT2D eigenvalue weighted by molar-refractivity contribution is 6.04. The van der Waals surface area contributed by atoms with Crippen molar-refractivity contribution < 1.29 is 18.7 Å². The number of alkyl halides is 1. The van der Waals surface area contributed by atoms with Gasteiger partial charge in [0.1, 0.15) is 12.5 Å². The van der Waals surface area contributed by atoms with E-state index in [0.29, 0.717) is 0 Å². The number of carbonyl (C=O) groups is 1. The molecule has 0 spiro atoms. The molecule has 7 heteroatoms. The van der Waals surface area contributed by atoms with Gasteiger partial charge in [-0.25, -0.2) is 18.3 Å². The Labute approximate surface area is 112 Å². The van der Waals surface area contributed by atoms with Gasteiger partial charge in [0, 0.05) is 5.39 Å². The number of carboxylic acids is 1. The molecule has 0 aliphatic carbocycles. The summed E-state index contributed by atoms with van der Waals surface area (Å²) in [5.41, 5.74) is 1.61. The number of benzene rings is 1. The Morgan fingerprint density at radius 1 is 1.45 bits per heavy atom. The fourth-order valence-corrected chi connectivity index (χ4v) is 2.14. The van der Waals surface area contributed by atoms with Crippen LogP contribution in [-0.4, -0.2) is 29.0 Å². The van der Waals surface area contributed by atoms with E-state index in [4.69, 9.17) is 0 Å². The van der Waals surface area contributed by atoms with E-state index < -0.39 is 24.0 Å². The van der Waals surface area contributed by atoms with E-state index in [2.05, 4.69) is 5.43 Å². The average molecular weight is 282 g/mol. The summed E-state index contributed by atoms with van der Waals surface area (Å²) < 4.78 is 26.9. The van der Waals surface area contributed by atoms with Crippen LogP contribution in [0.5, 0.6) is 0 Å². The topological polar surface area (TPSA) is 71.3 Å². The molecule has 1 heterocycles. The van der Waals surface area contributed by atoms with E-state index in [-0.39, 0.29) is 28.6 Å². The first kappa shape index (κ1) is 14.0. The first-order chi connectivity index (χ1) is 9.49. The van der Waals surface area contributed by atoms with Crippen molar-refractivity contribution in [3.63, 3.8) is 0 Å². The van der Waals surface area contributed by atoms with Gasteiger partial charge in [-0.3, -0.25) is 4.79 Å². The number of halogens is 2. The zero-order chi connectivity index (χ0) is 14.9. The maximum absolute atomic E-state index is 13.8. The number of hydrogen-bond acceptors (Lipinski definition) is 3. The largest absolute Gasteiger partial charge is 0.478 e. The molecule has 0 aliphatic heterocycles. The van der Waals surface area contributed by atoms with Gasteiger partial charge in [0.05, 0.1) is 23.2 Å². The molecule has 0 saturated heterocycles. The third-order valence-corrected chi connectivity index (χ3v) is 2.98. The summed E-state index contributed by atoms with van der Waals surface area (Å²) in [6, 6.07) is 3.78. The monoisotopic (exact) mass is 282 g/mol. The summed E-state index contributed by atoms with van der Waals surface area (Å²) in [7, 11) is 0. The first-order valence-corrected chi connectivity index (χ1v) is 5.86. The summed E-state index contributed by atoms with van der Waals surface area (Å²) in [6.07, 6.45) is 0. The van der Waals surface area contributed by atoms with Crippen LogP contribution in [-0.2, 0) is 0 Å². The van der Waals surface area contributed by atoms with Crippen molar-refractivity contribution in [3.05, 3.63) is 45.6 Å². The van der Waals surface area contributed by atoms with Crippen LogP contribution in [0.2, 0.25) is 0 Å². The van der Waals surface area contributed by atoms with Gasteiger partial charge in [-0.05, 0) is 13.0 Å². The molecule has 5 nitrogen and oxygen atoms in total. The van der Waals surface area contributed by atoms with Crippen LogP contribution in [0.4, 0.5) is 8.78 Å². The molecule has 0 fully saturated rings. The third kappa shape index (κ3) is 2.11. The second-order valence-corrected chi connectivity index (χ2v) is 4.17. The van der Waals surface area contributed by atoms with E-state index in [0.717, 1.165) is 10.7 Å². The molecule has 1 aromatic carbocycles. The molecule has 2 rings (SSSR count). The van der Waals surface area contributed by atoms with Crippen molar-refractivity contribution in [2.24, 2.45) is 0 Å². The summed E-state index contributed by atoms with van der Waals surface area (Å²) in [5.74, 6) is -2.10. The van der Waals surface area contributed by atoms with Crippen molar-refractivity contribution >= 4 is 16.7 Å². The molecule has 0 unspecified atom stereocenters. The van der Waals surface area contributed by atoms with E-state index >= 15 is 0 Å². The van der Waals surface area contributed by atoms with Crippen molar-refractivity contribution in [1.29, 1.82) is 0 Å². The fourth-order valence-electron chi connectivity index (χ4n) is 2.14. The first-order valence-electron chi connectivity index (χ1n) is 5.86. The van der Waals surface area contributed by atoms with Gasteiger partial charge in [0.15, 0.2) is 0 Å². The number of rotatable bonds is 4. The van der Waals surface area contributed by atoms with Crippen LogP contribution >= 0.6 is 0 Å². The number of nitrogens with one attached hydrogen (secondary N) is 1. The molecule has 20 heavy (non-hydrogen) atoms. The molecular weight excluding hydrogens is 270 g/mol. The van der Waals surface area contributed by atoms with Crippen molar-refractivity contribution in [2.75, 3.05) is 18.6 Å². The zero-order valence-corrected chi connectivity index (χ0v) is 10.6. The number of carboxylic acid groups (broad SMARTS) is 1. The van der Waals surface area contributed by atoms with Crippen LogP contribution in [0.15, 0.2) is 23.0 Å². The van der Waals surface area contributed by atoms with Crippen molar-refractivity contribution in [3.8, 4) is 0 Å². The molecule has 0 aliphatic rings. The van der Waals surface area contributed by atoms with Crippen LogP contribution in [0.25, 0.3) is 10.8 Å². The lowest BCUT2D eigenvalue weighted by Crippen LogP contribution is -2.34. The van der Waals surface area contributed by atoms with Crippen LogP contribution in [0.1, 0.15) is 16.1 Å². The quantitative estimate of drug-likeness (QED) is 0.894. The van der Waals surface area contributed by atoms with Crippen LogP contribution < -0.4 is 11.0 Å². The van der Waals surface area contributed by atoms with Crippen LogP contribution in [0.3, 0.4) is 0 Å². The average Bonchev–Trinajstić information content (AvgIpc) is 2.38. The summed E-state index contributed by atoms with van der Waals surface area (Å²) >= 11 is 0. The van der Waals surface area contributed by atoms with E-state index in [1.807, 2.05) is 0 Å². The van der Waals surface area contributed by atoms with Gasteiger partial charge in [0.2, 0.25) is 0 Å². The maximum atomic E-state index is 13.8. The molecule has 2 N–H and O–H groups in total. The Balaban J connectivity index is 2.91. The molecule has 1 aromatic heterocycles. The highest BCUT2D eigenvalue weighted by Gasteiger charge is 2.20. The molecule has 2 aromatic rings. The molecule has 0 saturated carbocycles. The minimum atomic E-state index is -1.28. The number of fused-ring (bicyclic) bond motifs is 1. The lowest BCUT2D eigenvalue weighted by molar-refractivity contribution is 0.0697. The predicted octanol–water partition coefficient (Wildman–Crippen LogP) is 1.66. The second kappa shape index (κ2) is 5.28. The molecule has 0 amide bonds. The summed E-state index contributed by atoms with van der Waals surface area (Å²) in [6.45, 7) is 0.476. The van der Waals surface area contributed by atoms with E-state index in [1.54, 1.807) is 0 Å². The lowest BCUT2D eigenvalue weighted by atomic mass is 10.0. The third-order valence-electron chi connectivity index (χ3n) is 2.98. The zero-order valence-electron chi connectivity index (χ0n) is 10.6. The Morgan fingerprint density at radius 2 is 2.15 bits per heavy atom. The smallest absolute Gasteiger partial charge is 0.338 e. The highest BCUT2D eigenvalue weighted by Crippen LogP contribution is 2.21. The van der Waals surface area contributed by atoms with Gasteiger partial charge in [0.25, 0.3) is 5.56 Å². The maximum Gasteiger partial charge on any atom is 0.338 e. The SMILES string of the molecule is Cc1c(C(=O)O)c2cccc(F)c2c(=O)n1NCCF. The van der Waals surface area contributed by atoms with Crippen molar-refractivity contribution in [1.82, 2.24) is 4.68 Å². The van der Waals surface area contributed by atoms with Crippen molar-refractivity contribution in [2.45, 2.75) is 6.92 Å². The number of aromatic nitrogens is 1. The summed E-state index contributed by atoms with van der Waals surface area (Å²) in [4.78, 5) is 23.5. The Hall–Kier alpha value is -2.44. The van der Waals surface area contributed by atoms with E-state index in [1.165, 1.54) is 19.1 Å². The Bertz CT molecular complexity index is 740. The molecule has 0 bridgehead atoms. The number of hydrogen-bond donors (Lipinski definition) is 2. The Kier molecular flexibility index (Phi) is 3.69. The molecule has 0 radical (unpaired) electrons. The lowest BCUT2D eigenvalue weighted by Gasteiger charge is -2.16.